The average Bonchev–Trinajstić information content (AvgIpc) is 2.20. The van der Waals surface area contributed by atoms with Crippen LogP contribution in [0.4, 0.5) is 0 Å². The molecule has 2 atom stereocenters. The van der Waals surface area contributed by atoms with Gasteiger partial charge >= 0.3 is 0 Å². The molecule has 2 N–H and O–H groups in total. The third kappa shape index (κ3) is 0.863. The van der Waals surface area contributed by atoms with Crippen LogP contribution in [0, 0.1) is 0 Å². The Labute approximate surface area is 69.4 Å². The van der Waals surface area contributed by atoms with E-state index in [2.05, 4.69) is 5.32 Å². The van der Waals surface area contributed by atoms with Crippen LogP contribution < -0.4 is 5.32 Å². The summed E-state index contributed by atoms with van der Waals surface area (Å²) < 4.78 is 0.757. The first-order chi connectivity index (χ1) is 4.71. The van der Waals surface area contributed by atoms with Gasteiger partial charge in [-0.3, -0.25) is 0 Å². The van der Waals surface area contributed by atoms with Gasteiger partial charge in [0, 0.05) is 0 Å². The highest BCUT2D eigenvalue weighted by atomic mass is 32.2. The van der Waals surface area contributed by atoms with Crippen molar-refractivity contribution in [3.8, 4) is 0 Å². The topological polar surface area (TPSA) is 32.3 Å². The Morgan fingerprint density at radius 2 is 2.60 bits per heavy atom. The summed E-state index contributed by atoms with van der Waals surface area (Å²) in [5.74, 6) is 0. The van der Waals surface area contributed by atoms with Crippen LogP contribution in [0.1, 0.15) is 19.3 Å². The van der Waals surface area contributed by atoms with E-state index < -0.39 is 5.72 Å². The second-order valence-corrected chi connectivity index (χ2v) is 4.72. The van der Waals surface area contributed by atoms with Crippen molar-refractivity contribution in [2.75, 3.05) is 0 Å². The first kappa shape index (κ1) is 6.88. The van der Waals surface area contributed by atoms with E-state index in [9.17, 15) is 5.11 Å². The van der Waals surface area contributed by atoms with Crippen molar-refractivity contribution in [1.29, 1.82) is 0 Å². The van der Waals surface area contributed by atoms with Gasteiger partial charge in [-0.1, -0.05) is 24.0 Å². The molecule has 2 unspecified atom stereocenters. The molecule has 1 saturated carbocycles. The zero-order chi connectivity index (χ0) is 7.19. The fourth-order valence-corrected chi connectivity index (χ4v) is 3.27. The number of hydrogen-bond acceptors (Lipinski definition) is 3. The molecular formula is C6H9NOS2. The quantitative estimate of drug-likeness (QED) is 0.535. The lowest BCUT2D eigenvalue weighted by atomic mass is 10.2. The van der Waals surface area contributed by atoms with E-state index in [1.54, 1.807) is 11.8 Å². The fraction of sp³-hybridized carbons (Fsp3) is 0.833. The monoisotopic (exact) mass is 175 g/mol. The maximum atomic E-state index is 9.78. The lowest BCUT2D eigenvalue weighted by Gasteiger charge is -2.20. The third-order valence-corrected chi connectivity index (χ3v) is 3.74. The summed E-state index contributed by atoms with van der Waals surface area (Å²) in [6.07, 6.45) is 3.06. The molecule has 1 heterocycles. The molecule has 0 aromatic rings. The Balaban J connectivity index is 2.22. The van der Waals surface area contributed by atoms with Gasteiger partial charge in [0.15, 0.2) is 0 Å². The Morgan fingerprint density at radius 3 is 3.30 bits per heavy atom. The molecule has 0 aromatic carbocycles. The number of nitrogens with one attached hydrogen (secondary N) is 1. The standard InChI is InChI=1S/C6H9NOS2/c8-6-3-1-2-4(6)10-5(9)7-6/h4,8H,1-3H2,(H,7,9). The zero-order valence-electron chi connectivity index (χ0n) is 5.46. The molecule has 0 aromatic heterocycles. The van der Waals surface area contributed by atoms with Crippen LogP contribution in [0.15, 0.2) is 0 Å². The minimum Gasteiger partial charge on any atom is -0.370 e. The normalized spacial score (nSPS) is 45.3. The van der Waals surface area contributed by atoms with Gasteiger partial charge in [-0.2, -0.15) is 0 Å². The number of rotatable bonds is 0. The summed E-state index contributed by atoms with van der Waals surface area (Å²) in [4.78, 5) is 0. The van der Waals surface area contributed by atoms with E-state index in [4.69, 9.17) is 12.2 Å². The maximum Gasteiger partial charge on any atom is 0.148 e. The molecule has 4 heteroatoms. The summed E-state index contributed by atoms with van der Waals surface area (Å²) in [7, 11) is 0. The Kier molecular flexibility index (Phi) is 1.44. The number of fused-ring (bicyclic) bond motifs is 1. The van der Waals surface area contributed by atoms with Crippen molar-refractivity contribution in [3.63, 3.8) is 0 Å². The van der Waals surface area contributed by atoms with E-state index in [0.717, 1.165) is 23.6 Å². The van der Waals surface area contributed by atoms with Crippen LogP contribution in [-0.2, 0) is 0 Å². The molecule has 1 aliphatic carbocycles. The summed E-state index contributed by atoms with van der Waals surface area (Å²) in [5, 5.41) is 13.0. The van der Waals surface area contributed by atoms with Gasteiger partial charge in [0.1, 0.15) is 10.0 Å². The van der Waals surface area contributed by atoms with Gasteiger partial charge in [-0.15, -0.1) is 0 Å². The number of hydrogen-bond donors (Lipinski definition) is 2. The van der Waals surface area contributed by atoms with Crippen LogP contribution in [0.25, 0.3) is 0 Å². The zero-order valence-corrected chi connectivity index (χ0v) is 7.10. The van der Waals surface area contributed by atoms with Crippen molar-refractivity contribution in [1.82, 2.24) is 5.32 Å². The molecule has 0 amide bonds. The molecule has 10 heavy (non-hydrogen) atoms. The van der Waals surface area contributed by atoms with E-state index >= 15 is 0 Å². The molecule has 1 aliphatic heterocycles. The highest BCUT2D eigenvalue weighted by molar-refractivity contribution is 8.23. The Bertz CT molecular complexity index is 185. The summed E-state index contributed by atoms with van der Waals surface area (Å²) in [6, 6.07) is 0. The van der Waals surface area contributed by atoms with Gasteiger partial charge < -0.3 is 10.4 Å². The van der Waals surface area contributed by atoms with Crippen molar-refractivity contribution in [2.24, 2.45) is 0 Å². The van der Waals surface area contributed by atoms with Crippen LogP contribution >= 0.6 is 24.0 Å². The summed E-state index contributed by atoms with van der Waals surface area (Å²) in [5.41, 5.74) is -0.651. The molecular weight excluding hydrogens is 166 g/mol. The minimum atomic E-state index is -0.651. The minimum absolute atomic E-state index is 0.319. The van der Waals surface area contributed by atoms with Crippen molar-refractivity contribution in [2.45, 2.75) is 30.2 Å². The third-order valence-electron chi connectivity index (χ3n) is 2.12. The van der Waals surface area contributed by atoms with E-state index in [1.807, 2.05) is 0 Å². The summed E-state index contributed by atoms with van der Waals surface area (Å²) in [6.45, 7) is 0. The van der Waals surface area contributed by atoms with Gasteiger partial charge in [0.05, 0.1) is 5.25 Å². The largest absolute Gasteiger partial charge is 0.370 e. The van der Waals surface area contributed by atoms with Gasteiger partial charge in [-0.05, 0) is 19.3 Å². The number of thiocarbonyl (C=S) groups is 1. The predicted molar refractivity (Wildman–Crippen MR) is 45.9 cm³/mol. The van der Waals surface area contributed by atoms with E-state index in [1.165, 1.54) is 0 Å². The second kappa shape index (κ2) is 2.09. The maximum absolute atomic E-state index is 9.78. The fourth-order valence-electron chi connectivity index (χ4n) is 1.59. The van der Waals surface area contributed by atoms with Gasteiger partial charge in [0.25, 0.3) is 0 Å². The number of thioether (sulfide) groups is 1. The molecule has 2 nitrogen and oxygen atoms in total. The molecule has 2 rings (SSSR count). The summed E-state index contributed by atoms with van der Waals surface area (Å²) >= 11 is 6.54. The van der Waals surface area contributed by atoms with Crippen molar-refractivity contribution >= 4 is 28.3 Å². The van der Waals surface area contributed by atoms with Gasteiger partial charge in [0.2, 0.25) is 0 Å². The first-order valence-corrected chi connectivity index (χ1v) is 4.71. The average molecular weight is 175 g/mol. The molecule has 56 valence electrons. The second-order valence-electron chi connectivity index (χ2n) is 2.84. The SMILES string of the molecule is OC12CCCC1SC(=S)N2. The first-order valence-electron chi connectivity index (χ1n) is 3.42. The van der Waals surface area contributed by atoms with E-state index in [0.29, 0.717) is 5.25 Å². The molecule has 0 bridgehead atoms. The van der Waals surface area contributed by atoms with Crippen molar-refractivity contribution < 1.29 is 5.11 Å². The predicted octanol–water partition coefficient (Wildman–Crippen LogP) is 0.849. The molecule has 2 aliphatic rings. The van der Waals surface area contributed by atoms with E-state index in [-0.39, 0.29) is 0 Å². The van der Waals surface area contributed by atoms with Crippen molar-refractivity contribution in [3.05, 3.63) is 0 Å². The number of aliphatic hydroxyl groups is 1. The van der Waals surface area contributed by atoms with Crippen LogP contribution in [-0.4, -0.2) is 20.4 Å². The molecule has 1 saturated heterocycles. The van der Waals surface area contributed by atoms with Crippen LogP contribution in [0.5, 0.6) is 0 Å². The van der Waals surface area contributed by atoms with Crippen LogP contribution in [0.3, 0.4) is 0 Å². The highest BCUT2D eigenvalue weighted by Crippen LogP contribution is 2.41. The van der Waals surface area contributed by atoms with Gasteiger partial charge in [-0.25, -0.2) is 0 Å². The molecule has 2 fully saturated rings. The highest BCUT2D eigenvalue weighted by Gasteiger charge is 2.47. The molecule has 0 radical (unpaired) electrons. The van der Waals surface area contributed by atoms with Crippen LogP contribution in [0.2, 0.25) is 0 Å². The Morgan fingerprint density at radius 1 is 1.80 bits per heavy atom. The smallest absolute Gasteiger partial charge is 0.148 e. The lowest BCUT2D eigenvalue weighted by molar-refractivity contribution is 0.0431. The molecule has 0 spiro atoms. The Hall–Kier alpha value is 0.200. The lowest BCUT2D eigenvalue weighted by Crippen LogP contribution is -2.44.